The normalized spacial score (nSPS) is 16.8. The summed E-state index contributed by atoms with van der Waals surface area (Å²) in [6.07, 6.45) is 2.15. The van der Waals surface area contributed by atoms with Crippen molar-refractivity contribution in [3.63, 3.8) is 0 Å². The number of phenols is 1. The molecule has 0 bridgehead atoms. The van der Waals surface area contributed by atoms with Crippen molar-refractivity contribution < 1.29 is 5.11 Å². The van der Waals surface area contributed by atoms with Crippen LogP contribution in [-0.2, 0) is 0 Å². The van der Waals surface area contributed by atoms with Crippen LogP contribution in [-0.4, -0.2) is 9.19 Å². The van der Waals surface area contributed by atoms with Crippen LogP contribution in [0.5, 0.6) is 5.75 Å². The van der Waals surface area contributed by atoms with E-state index in [0.717, 1.165) is 5.56 Å². The summed E-state index contributed by atoms with van der Waals surface area (Å²) in [4.78, 5) is 2.76. The van der Waals surface area contributed by atoms with Crippen molar-refractivity contribution in [1.29, 1.82) is 0 Å². The molecule has 1 heterocycles. The maximum atomic E-state index is 9.34. The second-order valence-electron chi connectivity index (χ2n) is 5.68. The van der Waals surface area contributed by atoms with E-state index < -0.39 is 0 Å². The molecule has 2 aromatic carbocycles. The molecule has 3 heteroatoms. The molecule has 1 N–H and O–H groups in total. The van der Waals surface area contributed by atoms with Gasteiger partial charge >= 0.3 is 0 Å². The molecule has 108 valence electrons. The second-order valence-corrected chi connectivity index (χ2v) is 9.27. The van der Waals surface area contributed by atoms with Gasteiger partial charge in [0, 0.05) is 9.79 Å². The Balaban J connectivity index is 1.89. The Labute approximate surface area is 134 Å². The fourth-order valence-corrected chi connectivity index (χ4v) is 5.04. The number of phenolic OH excluding ortho intramolecular Hbond substituents is 1. The van der Waals surface area contributed by atoms with Crippen LogP contribution < -0.4 is 0 Å². The number of hydrogen-bond donors (Lipinski definition) is 1. The van der Waals surface area contributed by atoms with Gasteiger partial charge in [0.2, 0.25) is 0 Å². The van der Waals surface area contributed by atoms with Gasteiger partial charge in [-0.1, -0.05) is 24.3 Å². The lowest BCUT2D eigenvalue weighted by Crippen LogP contribution is -2.01. The molecule has 2 aromatic rings. The van der Waals surface area contributed by atoms with Gasteiger partial charge in [0.1, 0.15) is 5.75 Å². The Bertz CT molecular complexity index is 700. The average molecular weight is 314 g/mol. The van der Waals surface area contributed by atoms with Gasteiger partial charge in [0.25, 0.3) is 0 Å². The molecular formula is C18H18OS2. The van der Waals surface area contributed by atoms with E-state index in [-0.39, 0.29) is 4.08 Å². The Kier molecular flexibility index (Phi) is 3.80. The summed E-state index contributed by atoms with van der Waals surface area (Å²) in [7, 11) is 0. The van der Waals surface area contributed by atoms with Crippen molar-refractivity contribution in [2.75, 3.05) is 0 Å². The molecule has 0 atom stereocenters. The van der Waals surface area contributed by atoms with Crippen LogP contribution in [0.15, 0.2) is 52.3 Å². The number of hydrogen-bond acceptors (Lipinski definition) is 3. The van der Waals surface area contributed by atoms with Crippen molar-refractivity contribution in [3.8, 4) is 5.75 Å². The molecular weight excluding hydrogens is 296 g/mol. The summed E-state index contributed by atoms with van der Waals surface area (Å²) >= 11 is 3.87. The van der Waals surface area contributed by atoms with Gasteiger partial charge in [0.05, 0.1) is 4.08 Å². The van der Waals surface area contributed by atoms with Crippen molar-refractivity contribution >= 4 is 35.2 Å². The minimum Gasteiger partial charge on any atom is -0.508 e. The summed E-state index contributed by atoms with van der Waals surface area (Å²) in [6, 6.07) is 14.0. The molecule has 1 aliphatic rings. The largest absolute Gasteiger partial charge is 0.508 e. The summed E-state index contributed by atoms with van der Waals surface area (Å²) < 4.78 is 0.232. The van der Waals surface area contributed by atoms with Gasteiger partial charge in [-0.15, -0.1) is 23.5 Å². The van der Waals surface area contributed by atoms with Crippen LogP contribution in [0.2, 0.25) is 0 Å². The lowest BCUT2D eigenvalue weighted by Gasteiger charge is -2.12. The average Bonchev–Trinajstić information content (AvgIpc) is 2.74. The summed E-state index contributed by atoms with van der Waals surface area (Å²) in [5.74, 6) is 0.304. The first-order chi connectivity index (χ1) is 9.93. The third-order valence-electron chi connectivity index (χ3n) is 3.39. The highest BCUT2D eigenvalue weighted by atomic mass is 32.2. The third kappa shape index (κ3) is 3.30. The molecule has 0 unspecified atom stereocenters. The smallest absolute Gasteiger partial charge is 0.115 e. The highest BCUT2D eigenvalue weighted by Crippen LogP contribution is 2.55. The van der Waals surface area contributed by atoms with Crippen LogP contribution in [0.25, 0.3) is 11.6 Å². The van der Waals surface area contributed by atoms with Crippen LogP contribution in [0, 0.1) is 0 Å². The van der Waals surface area contributed by atoms with Crippen LogP contribution in [0.4, 0.5) is 0 Å². The first-order valence-corrected chi connectivity index (χ1v) is 8.56. The Morgan fingerprint density at radius 3 is 2.38 bits per heavy atom. The minimum absolute atomic E-state index is 0.232. The Morgan fingerprint density at radius 2 is 1.67 bits per heavy atom. The number of rotatable bonds is 2. The van der Waals surface area contributed by atoms with Crippen LogP contribution in [0.1, 0.15) is 31.9 Å². The van der Waals surface area contributed by atoms with Crippen molar-refractivity contribution in [3.05, 3.63) is 53.6 Å². The zero-order valence-electron chi connectivity index (χ0n) is 12.4. The number of benzene rings is 2. The van der Waals surface area contributed by atoms with Gasteiger partial charge in [-0.3, -0.25) is 0 Å². The molecule has 0 fully saturated rings. The zero-order chi connectivity index (χ0) is 15.0. The fraction of sp³-hybridized carbons (Fsp3) is 0.222. The monoisotopic (exact) mass is 314 g/mol. The molecule has 1 nitrogen and oxygen atoms in total. The van der Waals surface area contributed by atoms with E-state index in [1.807, 2.05) is 35.7 Å². The first-order valence-electron chi connectivity index (χ1n) is 6.93. The van der Waals surface area contributed by atoms with E-state index in [9.17, 15) is 5.11 Å². The van der Waals surface area contributed by atoms with Gasteiger partial charge in [0.15, 0.2) is 0 Å². The van der Waals surface area contributed by atoms with E-state index in [4.69, 9.17) is 0 Å². The topological polar surface area (TPSA) is 20.2 Å². The van der Waals surface area contributed by atoms with E-state index in [2.05, 4.69) is 45.0 Å². The number of fused-ring (bicyclic) bond motifs is 1. The van der Waals surface area contributed by atoms with Gasteiger partial charge in [-0.25, -0.2) is 0 Å². The number of thioether (sulfide) groups is 2. The Hall–Kier alpha value is -1.32. The number of allylic oxidation sites excluding steroid dienone is 1. The van der Waals surface area contributed by atoms with Crippen LogP contribution >= 0.6 is 23.5 Å². The molecule has 21 heavy (non-hydrogen) atoms. The number of aromatic hydroxyl groups is 1. The molecule has 1 aliphatic heterocycles. The summed E-state index contributed by atoms with van der Waals surface area (Å²) in [5.41, 5.74) is 3.60. The molecule has 0 amide bonds. The summed E-state index contributed by atoms with van der Waals surface area (Å²) in [5, 5.41) is 9.34. The van der Waals surface area contributed by atoms with Gasteiger partial charge in [-0.05, 0) is 61.7 Å². The third-order valence-corrected chi connectivity index (χ3v) is 6.13. The minimum atomic E-state index is 0.232. The zero-order valence-corrected chi connectivity index (χ0v) is 14.0. The molecule has 0 aliphatic carbocycles. The highest BCUT2D eigenvalue weighted by molar-refractivity contribution is 8.20. The van der Waals surface area contributed by atoms with E-state index >= 15 is 0 Å². The molecule has 0 radical (unpaired) electrons. The molecule has 0 saturated heterocycles. The first kappa shape index (κ1) is 14.6. The molecule has 0 spiro atoms. The van der Waals surface area contributed by atoms with Crippen LogP contribution in [0.3, 0.4) is 0 Å². The quantitative estimate of drug-likeness (QED) is 0.698. The molecule has 0 aromatic heterocycles. The predicted octanol–water partition coefficient (Wildman–Crippen LogP) is 5.89. The maximum absolute atomic E-state index is 9.34. The maximum Gasteiger partial charge on any atom is 0.115 e. The van der Waals surface area contributed by atoms with Crippen molar-refractivity contribution in [1.82, 2.24) is 0 Å². The predicted molar refractivity (Wildman–Crippen MR) is 93.9 cm³/mol. The van der Waals surface area contributed by atoms with E-state index in [0.29, 0.717) is 5.75 Å². The Morgan fingerprint density at radius 1 is 1.00 bits per heavy atom. The highest BCUT2D eigenvalue weighted by Gasteiger charge is 2.30. The fourth-order valence-electron chi connectivity index (χ4n) is 2.37. The summed E-state index contributed by atoms with van der Waals surface area (Å²) in [6.45, 7) is 6.66. The lowest BCUT2D eigenvalue weighted by molar-refractivity contribution is 0.475. The standard InChI is InChI=1S/C18H18OS2/c1-12(10-13-4-7-15(19)8-5-13)14-6-9-16-17(11-14)21-18(2,3)20-16/h4-11,19H,1-3H3. The van der Waals surface area contributed by atoms with E-state index in [1.165, 1.54) is 20.9 Å². The van der Waals surface area contributed by atoms with Gasteiger partial charge < -0.3 is 5.11 Å². The van der Waals surface area contributed by atoms with E-state index in [1.54, 1.807) is 12.1 Å². The molecule has 0 saturated carbocycles. The van der Waals surface area contributed by atoms with Gasteiger partial charge in [-0.2, -0.15) is 0 Å². The SMILES string of the molecule is CC(=Cc1ccc(O)cc1)c1ccc2c(c1)SC(C)(C)S2. The second kappa shape index (κ2) is 5.47. The lowest BCUT2D eigenvalue weighted by atomic mass is 10.0. The van der Waals surface area contributed by atoms with Crippen molar-refractivity contribution in [2.24, 2.45) is 0 Å². The van der Waals surface area contributed by atoms with Crippen molar-refractivity contribution in [2.45, 2.75) is 34.6 Å². The molecule has 3 rings (SSSR count).